The summed E-state index contributed by atoms with van der Waals surface area (Å²) in [6, 6.07) is 18.9. The summed E-state index contributed by atoms with van der Waals surface area (Å²) in [5.74, 6) is -0.696. The van der Waals surface area contributed by atoms with Crippen molar-refractivity contribution in [2.24, 2.45) is 0 Å². The molecule has 4 rings (SSSR count). The number of fused-ring (bicyclic) bond motifs is 3. The van der Waals surface area contributed by atoms with Crippen LogP contribution < -0.4 is 21.2 Å². The zero-order chi connectivity index (χ0) is 20.4. The maximum Gasteiger partial charge on any atom is 0.349 e. The van der Waals surface area contributed by atoms with E-state index in [4.69, 9.17) is 9.15 Å². The molecule has 1 aromatic heterocycles. The van der Waals surface area contributed by atoms with Crippen LogP contribution >= 0.6 is 0 Å². The molecule has 0 aliphatic heterocycles. The molecule has 7 nitrogen and oxygen atoms in total. The predicted octanol–water partition coefficient (Wildman–Crippen LogP) is 3.03. The second-order valence-corrected chi connectivity index (χ2v) is 6.28. The largest absolute Gasteiger partial charge is 0.497 e. The Labute approximate surface area is 164 Å². The zero-order valence-electron chi connectivity index (χ0n) is 15.4. The fourth-order valence-electron chi connectivity index (χ4n) is 3.03. The topological polar surface area (TPSA) is 97.6 Å². The van der Waals surface area contributed by atoms with Gasteiger partial charge < -0.3 is 9.15 Å². The quantitative estimate of drug-likeness (QED) is 0.319. The van der Waals surface area contributed by atoms with Crippen molar-refractivity contribution in [1.82, 2.24) is 10.9 Å². The molecule has 0 fully saturated rings. The summed E-state index contributed by atoms with van der Waals surface area (Å²) in [5.41, 5.74) is 4.25. The third-order valence-corrected chi connectivity index (χ3v) is 4.53. The van der Waals surface area contributed by atoms with Gasteiger partial charge in [0, 0.05) is 10.9 Å². The first-order valence-electron chi connectivity index (χ1n) is 8.77. The Kier molecular flexibility index (Phi) is 4.70. The molecule has 29 heavy (non-hydrogen) atoms. The lowest BCUT2D eigenvalue weighted by Crippen LogP contribution is -2.43. The molecule has 2 N–H and O–H groups in total. The fraction of sp³-hybridized carbons (Fsp3) is 0.0455. The molecule has 0 saturated heterocycles. The molecule has 0 aliphatic rings. The first-order chi connectivity index (χ1) is 14.1. The van der Waals surface area contributed by atoms with Crippen molar-refractivity contribution in [1.29, 1.82) is 0 Å². The molecule has 4 aromatic rings. The summed E-state index contributed by atoms with van der Waals surface area (Å²) in [6.07, 6.45) is 0. The summed E-state index contributed by atoms with van der Waals surface area (Å²) in [7, 11) is 1.52. The van der Waals surface area contributed by atoms with Crippen LogP contribution in [-0.4, -0.2) is 18.9 Å². The number of hydrogen-bond acceptors (Lipinski definition) is 5. The van der Waals surface area contributed by atoms with E-state index < -0.39 is 17.4 Å². The first-order valence-corrected chi connectivity index (χ1v) is 8.77. The zero-order valence-corrected chi connectivity index (χ0v) is 15.4. The highest BCUT2D eigenvalue weighted by atomic mass is 16.5. The van der Waals surface area contributed by atoms with E-state index in [1.165, 1.54) is 13.2 Å². The number of ether oxygens (including phenoxy) is 1. The van der Waals surface area contributed by atoms with Gasteiger partial charge in [-0.05, 0) is 47.2 Å². The highest BCUT2D eigenvalue weighted by Crippen LogP contribution is 2.24. The molecule has 7 heteroatoms. The van der Waals surface area contributed by atoms with E-state index >= 15 is 0 Å². The van der Waals surface area contributed by atoms with E-state index in [1.54, 1.807) is 30.3 Å². The summed E-state index contributed by atoms with van der Waals surface area (Å²) >= 11 is 0. The molecule has 0 saturated carbocycles. The molecule has 3 aromatic carbocycles. The summed E-state index contributed by atoms with van der Waals surface area (Å²) in [6.45, 7) is 0. The van der Waals surface area contributed by atoms with Gasteiger partial charge >= 0.3 is 5.63 Å². The molecular formula is C22H16N2O5. The standard InChI is InChI=1S/C22H16N2O5/c1-28-15-9-6-14(7-10-15)20(25)23-24-21(26)18-12-17-16-5-3-2-4-13(16)8-11-19(17)29-22(18)27/h2-12H,1H3,(H,23,25)(H,24,26). The van der Waals surface area contributed by atoms with Gasteiger partial charge in [-0.25, -0.2) is 4.79 Å². The van der Waals surface area contributed by atoms with Gasteiger partial charge in [0.25, 0.3) is 11.8 Å². The second kappa shape index (κ2) is 7.47. The SMILES string of the molecule is COc1ccc(C(=O)NNC(=O)c2cc3c(ccc4ccccc43)oc2=O)cc1. The molecule has 0 spiro atoms. The number of hydrazine groups is 1. The van der Waals surface area contributed by atoms with Crippen LogP contribution in [0.2, 0.25) is 0 Å². The van der Waals surface area contributed by atoms with Gasteiger partial charge in [0.15, 0.2) is 0 Å². The Hall–Kier alpha value is -4.13. The Morgan fingerprint density at radius 3 is 2.34 bits per heavy atom. The van der Waals surface area contributed by atoms with E-state index in [0.29, 0.717) is 22.3 Å². The molecule has 1 heterocycles. The van der Waals surface area contributed by atoms with Crippen molar-refractivity contribution in [2.75, 3.05) is 7.11 Å². The molecule has 0 bridgehead atoms. The maximum atomic E-state index is 12.5. The summed E-state index contributed by atoms with van der Waals surface area (Å²) < 4.78 is 10.3. The highest BCUT2D eigenvalue weighted by molar-refractivity contribution is 6.08. The molecule has 0 atom stereocenters. The monoisotopic (exact) mass is 388 g/mol. The Balaban J connectivity index is 1.59. The van der Waals surface area contributed by atoms with E-state index in [1.807, 2.05) is 30.3 Å². The van der Waals surface area contributed by atoms with Crippen LogP contribution in [0.15, 0.2) is 75.9 Å². The Bertz CT molecular complexity index is 1290. The van der Waals surface area contributed by atoms with Gasteiger partial charge in [-0.15, -0.1) is 0 Å². The van der Waals surface area contributed by atoms with E-state index in [-0.39, 0.29) is 5.56 Å². The molecule has 0 unspecified atom stereocenters. The summed E-state index contributed by atoms with van der Waals surface area (Å²) in [5, 5.41) is 2.44. The average Bonchev–Trinajstić information content (AvgIpc) is 2.76. The number of methoxy groups -OCH3 is 1. The van der Waals surface area contributed by atoms with Crippen molar-refractivity contribution in [3.63, 3.8) is 0 Å². The van der Waals surface area contributed by atoms with E-state index in [0.717, 1.165) is 10.8 Å². The van der Waals surface area contributed by atoms with Gasteiger partial charge in [-0.2, -0.15) is 0 Å². The van der Waals surface area contributed by atoms with Crippen LogP contribution in [0, 0.1) is 0 Å². The van der Waals surface area contributed by atoms with Gasteiger partial charge in [-0.1, -0.05) is 30.3 Å². The minimum atomic E-state index is -0.788. The third kappa shape index (κ3) is 3.53. The predicted molar refractivity (Wildman–Crippen MR) is 108 cm³/mol. The van der Waals surface area contributed by atoms with Crippen molar-refractivity contribution < 1.29 is 18.7 Å². The highest BCUT2D eigenvalue weighted by Gasteiger charge is 2.16. The summed E-state index contributed by atoms with van der Waals surface area (Å²) in [4.78, 5) is 36.9. The Morgan fingerprint density at radius 1 is 0.862 bits per heavy atom. The van der Waals surface area contributed by atoms with Crippen molar-refractivity contribution in [3.05, 3.63) is 88.3 Å². The van der Waals surface area contributed by atoms with Crippen LogP contribution in [0.25, 0.3) is 21.7 Å². The van der Waals surface area contributed by atoms with E-state index in [9.17, 15) is 14.4 Å². The maximum absolute atomic E-state index is 12.5. The average molecular weight is 388 g/mol. The molecule has 0 radical (unpaired) electrons. The smallest absolute Gasteiger partial charge is 0.349 e. The Morgan fingerprint density at radius 2 is 1.59 bits per heavy atom. The van der Waals surface area contributed by atoms with Gasteiger partial charge in [0.1, 0.15) is 16.9 Å². The van der Waals surface area contributed by atoms with Crippen molar-refractivity contribution in [3.8, 4) is 5.75 Å². The van der Waals surface area contributed by atoms with Crippen LogP contribution in [0.4, 0.5) is 0 Å². The number of amides is 2. The minimum Gasteiger partial charge on any atom is -0.497 e. The van der Waals surface area contributed by atoms with Crippen LogP contribution in [0.1, 0.15) is 20.7 Å². The molecular weight excluding hydrogens is 372 g/mol. The second-order valence-electron chi connectivity index (χ2n) is 6.28. The number of carbonyl (C=O) groups excluding carboxylic acids is 2. The number of nitrogens with one attached hydrogen (secondary N) is 2. The third-order valence-electron chi connectivity index (χ3n) is 4.53. The lowest BCUT2D eigenvalue weighted by Gasteiger charge is -2.08. The lowest BCUT2D eigenvalue weighted by atomic mass is 10.0. The number of carbonyl (C=O) groups is 2. The first kappa shape index (κ1) is 18.2. The normalized spacial score (nSPS) is 10.7. The lowest BCUT2D eigenvalue weighted by molar-refractivity contribution is 0.0844. The minimum absolute atomic E-state index is 0.205. The van der Waals surface area contributed by atoms with Crippen LogP contribution in [0.5, 0.6) is 5.75 Å². The van der Waals surface area contributed by atoms with Crippen LogP contribution in [-0.2, 0) is 0 Å². The van der Waals surface area contributed by atoms with Crippen molar-refractivity contribution in [2.45, 2.75) is 0 Å². The number of hydrogen-bond donors (Lipinski definition) is 2. The molecule has 2 amide bonds. The number of benzene rings is 3. The van der Waals surface area contributed by atoms with E-state index in [2.05, 4.69) is 10.9 Å². The number of rotatable bonds is 3. The van der Waals surface area contributed by atoms with Gasteiger partial charge in [-0.3, -0.25) is 20.4 Å². The van der Waals surface area contributed by atoms with Gasteiger partial charge in [0.2, 0.25) is 0 Å². The fourth-order valence-corrected chi connectivity index (χ4v) is 3.03. The van der Waals surface area contributed by atoms with Crippen molar-refractivity contribution >= 4 is 33.6 Å². The van der Waals surface area contributed by atoms with Gasteiger partial charge in [0.05, 0.1) is 7.11 Å². The molecule has 0 aliphatic carbocycles. The van der Waals surface area contributed by atoms with Crippen LogP contribution in [0.3, 0.4) is 0 Å². The molecule has 144 valence electrons.